The summed E-state index contributed by atoms with van der Waals surface area (Å²) in [5.41, 5.74) is 8.24. The van der Waals surface area contributed by atoms with Crippen molar-refractivity contribution in [3.63, 3.8) is 0 Å². The number of nitrogens with two attached hydrogens (primary N) is 1. The predicted molar refractivity (Wildman–Crippen MR) is 132 cm³/mol. The van der Waals surface area contributed by atoms with E-state index in [-0.39, 0.29) is 24.8 Å². The monoisotopic (exact) mass is 545 g/mol. The average molecular weight is 546 g/mol. The Hall–Kier alpha value is -4.25. The number of hydrogen-bond acceptors (Lipinski definition) is 13. The van der Waals surface area contributed by atoms with E-state index in [1.165, 1.54) is 23.4 Å². The number of ether oxygens (including phenoxy) is 1. The number of fused-ring (bicyclic) bond motifs is 1. The van der Waals surface area contributed by atoms with Crippen molar-refractivity contribution in [1.29, 1.82) is 0 Å². The molecule has 0 spiro atoms. The minimum atomic E-state index is -1.47. The lowest BCUT2D eigenvalue weighted by Gasteiger charge is -2.16. The van der Waals surface area contributed by atoms with E-state index < -0.39 is 30.4 Å². The van der Waals surface area contributed by atoms with E-state index in [1.807, 2.05) is 0 Å². The lowest BCUT2D eigenvalue weighted by molar-refractivity contribution is -0.137. The van der Waals surface area contributed by atoms with Gasteiger partial charge in [0.2, 0.25) is 0 Å². The second-order valence-corrected chi connectivity index (χ2v) is 8.26. The highest BCUT2D eigenvalue weighted by Crippen LogP contribution is 2.32. The van der Waals surface area contributed by atoms with E-state index in [4.69, 9.17) is 15.7 Å². The molecule has 200 valence electrons. The molecule has 0 bridgehead atoms. The lowest BCUT2D eigenvalue weighted by atomic mass is 10.1. The molecule has 1 fully saturated rings. The van der Waals surface area contributed by atoms with E-state index in [0.717, 1.165) is 0 Å². The van der Waals surface area contributed by atoms with E-state index in [2.05, 4.69) is 40.7 Å². The fourth-order valence-electron chi connectivity index (χ4n) is 3.99. The quantitative estimate of drug-likeness (QED) is 0.0983. The Balaban J connectivity index is 0.00000336. The Kier molecular flexibility index (Phi) is 8.06. The van der Waals surface area contributed by atoms with Crippen LogP contribution in [0.1, 0.15) is 23.3 Å². The molecule has 4 aromatic rings. The molecule has 0 aliphatic carbocycles. The van der Waals surface area contributed by atoms with Gasteiger partial charge in [0, 0.05) is 19.2 Å². The third-order valence-corrected chi connectivity index (χ3v) is 5.77. The van der Waals surface area contributed by atoms with Crippen molar-refractivity contribution in [3.05, 3.63) is 54.1 Å². The molecular formula is C21H24ClN11O5. The van der Waals surface area contributed by atoms with Crippen molar-refractivity contribution in [2.24, 2.45) is 5.16 Å². The summed E-state index contributed by atoms with van der Waals surface area (Å²) in [7, 11) is 0. The summed E-state index contributed by atoms with van der Waals surface area (Å²) in [4.78, 5) is 29.1. The van der Waals surface area contributed by atoms with Gasteiger partial charge in [-0.1, -0.05) is 16.4 Å². The molecule has 38 heavy (non-hydrogen) atoms. The van der Waals surface area contributed by atoms with E-state index in [0.29, 0.717) is 41.2 Å². The highest BCUT2D eigenvalue weighted by atomic mass is 35.5. The van der Waals surface area contributed by atoms with Crippen LogP contribution in [0.5, 0.6) is 0 Å². The van der Waals surface area contributed by atoms with Gasteiger partial charge in [0.05, 0.1) is 36.2 Å². The lowest BCUT2D eigenvalue weighted by Crippen LogP contribution is -2.43. The van der Waals surface area contributed by atoms with Crippen molar-refractivity contribution in [1.82, 2.24) is 44.8 Å². The smallest absolute Gasteiger partial charge is 0.252 e. The Morgan fingerprint density at radius 1 is 1.21 bits per heavy atom. The Labute approximate surface area is 220 Å². The summed E-state index contributed by atoms with van der Waals surface area (Å²) < 4.78 is 8.68. The zero-order valence-electron chi connectivity index (χ0n) is 19.6. The van der Waals surface area contributed by atoms with Crippen LogP contribution in [-0.4, -0.2) is 91.9 Å². The van der Waals surface area contributed by atoms with Crippen LogP contribution in [0.4, 0.5) is 5.82 Å². The van der Waals surface area contributed by atoms with Crippen molar-refractivity contribution < 1.29 is 25.0 Å². The number of nitrogens with zero attached hydrogens (tertiary/aromatic N) is 9. The number of rotatable bonds is 8. The maximum absolute atomic E-state index is 12.7. The van der Waals surface area contributed by atoms with Gasteiger partial charge in [0.15, 0.2) is 23.8 Å². The molecule has 17 heteroatoms. The highest BCUT2D eigenvalue weighted by molar-refractivity contribution is 5.85. The summed E-state index contributed by atoms with van der Waals surface area (Å²) in [6.45, 7) is 0.552. The van der Waals surface area contributed by atoms with Crippen LogP contribution in [0.15, 0.2) is 42.2 Å². The molecule has 5 rings (SSSR count). The number of oxime groups is 1. The number of nitrogens with one attached hydrogen (secondary N) is 1. The molecule has 0 aromatic carbocycles. The topological polar surface area (TPSA) is 225 Å². The van der Waals surface area contributed by atoms with Crippen LogP contribution in [0, 0.1) is 0 Å². The molecule has 0 unspecified atom stereocenters. The van der Waals surface area contributed by atoms with Gasteiger partial charge in [0.25, 0.3) is 5.91 Å². The van der Waals surface area contributed by atoms with Gasteiger partial charge in [-0.05, 0) is 12.1 Å². The molecule has 0 radical (unpaired) electrons. The van der Waals surface area contributed by atoms with Crippen LogP contribution in [0.2, 0.25) is 0 Å². The Morgan fingerprint density at radius 3 is 2.87 bits per heavy atom. The number of halogens is 1. The number of aromatic nitrogens is 8. The number of pyridine rings is 1. The number of aliphatic hydroxyl groups is 2. The molecule has 6 N–H and O–H groups in total. The number of anilines is 1. The molecule has 1 aliphatic heterocycles. The maximum atomic E-state index is 12.7. The number of imidazole rings is 1. The molecule has 4 aromatic heterocycles. The number of hydrogen-bond donors (Lipinski definition) is 5. The Bertz CT molecular complexity index is 1440. The zero-order chi connectivity index (χ0) is 25.9. The van der Waals surface area contributed by atoms with Crippen molar-refractivity contribution in [2.75, 3.05) is 12.3 Å². The molecule has 1 aliphatic rings. The number of aliphatic hydroxyl groups excluding tert-OH is 2. The first kappa shape index (κ1) is 26.8. The summed E-state index contributed by atoms with van der Waals surface area (Å²) in [6, 6.07) is 5.29. The molecule has 1 amide bonds. The third-order valence-electron chi connectivity index (χ3n) is 5.77. The zero-order valence-corrected chi connectivity index (χ0v) is 20.5. The van der Waals surface area contributed by atoms with Gasteiger partial charge in [-0.15, -0.1) is 17.5 Å². The van der Waals surface area contributed by atoms with E-state index in [1.54, 1.807) is 29.1 Å². The number of carbonyl (C=O) groups is 1. The minimum Gasteiger partial charge on any atom is -0.411 e. The number of nitrogen functional groups attached to an aromatic ring is 1. The third kappa shape index (κ3) is 5.37. The van der Waals surface area contributed by atoms with Crippen LogP contribution in [0.3, 0.4) is 0 Å². The van der Waals surface area contributed by atoms with Gasteiger partial charge in [-0.3, -0.25) is 9.36 Å². The minimum absolute atomic E-state index is 0. The second-order valence-electron chi connectivity index (χ2n) is 8.26. The first-order valence-electron chi connectivity index (χ1n) is 11.2. The van der Waals surface area contributed by atoms with Crippen molar-refractivity contribution in [3.8, 4) is 0 Å². The maximum Gasteiger partial charge on any atom is 0.252 e. The summed E-state index contributed by atoms with van der Waals surface area (Å²) in [6.07, 6.45) is 0.634. The van der Waals surface area contributed by atoms with E-state index in [9.17, 15) is 15.0 Å². The van der Waals surface area contributed by atoms with Crippen LogP contribution in [-0.2, 0) is 22.5 Å². The molecule has 4 atom stereocenters. The average Bonchev–Trinajstić information content (AvgIpc) is 3.59. The van der Waals surface area contributed by atoms with Crippen LogP contribution >= 0.6 is 12.4 Å². The number of carbonyl (C=O) groups excluding carboxylic acids is 1. The summed E-state index contributed by atoms with van der Waals surface area (Å²) in [5.74, 6) is -0.435. The summed E-state index contributed by atoms with van der Waals surface area (Å²) in [5, 5.41) is 43.4. The first-order chi connectivity index (χ1) is 17.9. The van der Waals surface area contributed by atoms with Crippen LogP contribution < -0.4 is 11.1 Å². The van der Waals surface area contributed by atoms with Gasteiger partial charge in [-0.25, -0.2) is 24.6 Å². The second kappa shape index (κ2) is 11.4. The molecular weight excluding hydrogens is 522 g/mol. The molecule has 0 saturated carbocycles. The molecule has 5 heterocycles. The van der Waals surface area contributed by atoms with Crippen molar-refractivity contribution >= 4 is 41.5 Å². The largest absolute Gasteiger partial charge is 0.411 e. The highest BCUT2D eigenvalue weighted by Gasteiger charge is 2.47. The SMILES string of the molecule is Cl.Nc1ncnc2c1ncn2[C@@H]1O[C@H](C(=O)NCCc2cn(Cc3cccc(/C=N\O)n3)nn2)[C@@H](O)[C@H]1O. The van der Waals surface area contributed by atoms with Gasteiger partial charge >= 0.3 is 0 Å². The fourth-order valence-corrected chi connectivity index (χ4v) is 3.99. The predicted octanol–water partition coefficient (Wildman–Crippen LogP) is -1.35. The fraction of sp³-hybridized carbons (Fsp3) is 0.333. The van der Waals surface area contributed by atoms with Gasteiger partial charge in [-0.2, -0.15) is 0 Å². The Morgan fingerprint density at radius 2 is 2.05 bits per heavy atom. The molecule has 16 nitrogen and oxygen atoms in total. The van der Waals surface area contributed by atoms with Gasteiger partial charge in [0.1, 0.15) is 24.1 Å². The standard InChI is InChI=1S/C21H23N11O5.ClH/c22-18-14-19(25-9-24-18)32(10-26-14)21-16(34)15(33)17(37-21)20(35)23-5-4-13-8-31(30-29-13)7-12-3-1-2-11(28-12)6-27-36;/h1-3,6,8-10,15-17,21,33-34,36H,4-5,7H2,(H,23,35)(H2,22,24,25);1H/b27-6-;/t15-,16+,17-,21+;/m0./s1. The first-order valence-corrected chi connectivity index (χ1v) is 11.2. The van der Waals surface area contributed by atoms with Crippen molar-refractivity contribution in [2.45, 2.75) is 37.5 Å². The van der Waals surface area contributed by atoms with Gasteiger partial charge < -0.3 is 31.2 Å². The normalized spacial score (nSPS) is 21.1. The number of amides is 1. The summed E-state index contributed by atoms with van der Waals surface area (Å²) >= 11 is 0. The molecule has 1 saturated heterocycles. The van der Waals surface area contributed by atoms with E-state index >= 15 is 0 Å². The van der Waals surface area contributed by atoms with Crippen LogP contribution in [0.25, 0.3) is 11.2 Å².